The quantitative estimate of drug-likeness (QED) is 0.904. The molecular formula is C14H19N5. The van der Waals surface area contributed by atoms with Gasteiger partial charge in [0.2, 0.25) is 0 Å². The number of likely N-dealkylation sites (tertiary alicyclic amines) is 1. The Labute approximate surface area is 113 Å². The molecule has 1 saturated heterocycles. The summed E-state index contributed by atoms with van der Waals surface area (Å²) in [5.41, 5.74) is 7.92. The summed E-state index contributed by atoms with van der Waals surface area (Å²) in [7, 11) is 0. The molecule has 3 heterocycles. The number of imidazole rings is 1. The molecule has 0 radical (unpaired) electrons. The lowest BCUT2D eigenvalue weighted by Gasteiger charge is -2.16. The van der Waals surface area contributed by atoms with Crippen molar-refractivity contribution >= 4 is 5.82 Å². The lowest BCUT2D eigenvalue weighted by molar-refractivity contribution is 0.323. The van der Waals surface area contributed by atoms with Gasteiger partial charge in [-0.2, -0.15) is 0 Å². The van der Waals surface area contributed by atoms with E-state index in [9.17, 15) is 0 Å². The van der Waals surface area contributed by atoms with E-state index in [-0.39, 0.29) is 0 Å². The predicted molar refractivity (Wildman–Crippen MR) is 75.5 cm³/mol. The van der Waals surface area contributed by atoms with Crippen molar-refractivity contribution in [3.8, 4) is 11.3 Å². The molecule has 100 valence electrons. The minimum Gasteiger partial charge on any atom is -0.384 e. The highest BCUT2D eigenvalue weighted by molar-refractivity contribution is 5.61. The number of hydrogen-bond acceptors (Lipinski definition) is 4. The maximum absolute atomic E-state index is 5.74. The number of nitrogens with zero attached hydrogens (tertiary/aromatic N) is 4. The Morgan fingerprint density at radius 2 is 2.05 bits per heavy atom. The summed E-state index contributed by atoms with van der Waals surface area (Å²) >= 11 is 0. The molecule has 2 aromatic heterocycles. The smallest absolute Gasteiger partial charge is 0.123 e. The van der Waals surface area contributed by atoms with Gasteiger partial charge < -0.3 is 15.2 Å². The summed E-state index contributed by atoms with van der Waals surface area (Å²) in [6.45, 7) is 4.51. The number of rotatable bonds is 4. The van der Waals surface area contributed by atoms with E-state index in [1.807, 2.05) is 24.7 Å². The largest absolute Gasteiger partial charge is 0.384 e. The van der Waals surface area contributed by atoms with Gasteiger partial charge in [-0.15, -0.1) is 0 Å². The Balaban J connectivity index is 1.74. The highest BCUT2D eigenvalue weighted by atomic mass is 15.2. The van der Waals surface area contributed by atoms with Gasteiger partial charge in [0.05, 0.1) is 18.2 Å². The fourth-order valence-corrected chi connectivity index (χ4v) is 2.60. The maximum atomic E-state index is 5.74. The maximum Gasteiger partial charge on any atom is 0.123 e. The molecule has 2 aromatic rings. The first-order valence-corrected chi connectivity index (χ1v) is 6.77. The molecule has 19 heavy (non-hydrogen) atoms. The molecule has 0 spiro atoms. The predicted octanol–water partition coefficient (Wildman–Crippen LogP) is 1.62. The van der Waals surface area contributed by atoms with Crippen molar-refractivity contribution in [1.29, 1.82) is 0 Å². The molecule has 1 aliphatic heterocycles. The second kappa shape index (κ2) is 5.40. The topological polar surface area (TPSA) is 60.0 Å². The van der Waals surface area contributed by atoms with E-state index < -0.39 is 0 Å². The molecule has 0 bridgehead atoms. The average Bonchev–Trinajstić information content (AvgIpc) is 3.08. The van der Waals surface area contributed by atoms with Gasteiger partial charge in [-0.05, 0) is 38.1 Å². The fraction of sp³-hybridized carbons (Fsp3) is 0.429. The first-order chi connectivity index (χ1) is 9.33. The van der Waals surface area contributed by atoms with E-state index in [4.69, 9.17) is 5.73 Å². The van der Waals surface area contributed by atoms with Crippen LogP contribution in [0.5, 0.6) is 0 Å². The number of pyridine rings is 1. The van der Waals surface area contributed by atoms with Gasteiger partial charge >= 0.3 is 0 Å². The summed E-state index contributed by atoms with van der Waals surface area (Å²) < 4.78 is 2.19. The Kier molecular flexibility index (Phi) is 3.46. The van der Waals surface area contributed by atoms with Crippen LogP contribution in [-0.2, 0) is 6.54 Å². The summed E-state index contributed by atoms with van der Waals surface area (Å²) in [5, 5.41) is 0. The SMILES string of the molecule is Nc1cc(-c2cncn2CCN2CCCC2)ccn1. The zero-order chi connectivity index (χ0) is 13.1. The van der Waals surface area contributed by atoms with Crippen LogP contribution < -0.4 is 5.73 Å². The van der Waals surface area contributed by atoms with Crippen molar-refractivity contribution in [3.05, 3.63) is 30.9 Å². The van der Waals surface area contributed by atoms with E-state index in [2.05, 4.69) is 19.4 Å². The van der Waals surface area contributed by atoms with Crippen LogP contribution in [0, 0.1) is 0 Å². The second-order valence-corrected chi connectivity index (χ2v) is 4.99. The Hall–Kier alpha value is -1.88. The molecule has 1 fully saturated rings. The van der Waals surface area contributed by atoms with Gasteiger partial charge in [0.15, 0.2) is 0 Å². The molecule has 0 aliphatic carbocycles. The number of nitrogen functional groups attached to an aromatic ring is 1. The van der Waals surface area contributed by atoms with E-state index in [1.54, 1.807) is 6.20 Å². The Morgan fingerprint density at radius 3 is 2.84 bits per heavy atom. The van der Waals surface area contributed by atoms with Gasteiger partial charge in [-0.25, -0.2) is 9.97 Å². The van der Waals surface area contributed by atoms with Crippen LogP contribution >= 0.6 is 0 Å². The highest BCUT2D eigenvalue weighted by Crippen LogP contribution is 2.20. The first kappa shape index (κ1) is 12.2. The van der Waals surface area contributed by atoms with Crippen LogP contribution in [0.1, 0.15) is 12.8 Å². The number of anilines is 1. The van der Waals surface area contributed by atoms with Gasteiger partial charge in [0.1, 0.15) is 5.82 Å². The number of aromatic nitrogens is 3. The van der Waals surface area contributed by atoms with Crippen LogP contribution in [0.25, 0.3) is 11.3 Å². The van der Waals surface area contributed by atoms with E-state index in [1.165, 1.54) is 25.9 Å². The zero-order valence-electron chi connectivity index (χ0n) is 11.0. The summed E-state index contributed by atoms with van der Waals surface area (Å²) in [4.78, 5) is 10.8. The molecule has 0 unspecified atom stereocenters. The third-order valence-corrected chi connectivity index (χ3v) is 3.64. The first-order valence-electron chi connectivity index (χ1n) is 6.77. The highest BCUT2D eigenvalue weighted by Gasteiger charge is 2.12. The van der Waals surface area contributed by atoms with E-state index in [0.717, 1.165) is 24.3 Å². The minimum absolute atomic E-state index is 0.546. The molecule has 5 nitrogen and oxygen atoms in total. The van der Waals surface area contributed by atoms with Crippen LogP contribution in [0.3, 0.4) is 0 Å². The molecule has 0 amide bonds. The van der Waals surface area contributed by atoms with Gasteiger partial charge in [-0.3, -0.25) is 0 Å². The second-order valence-electron chi connectivity index (χ2n) is 4.99. The summed E-state index contributed by atoms with van der Waals surface area (Å²) in [6, 6.07) is 3.86. The minimum atomic E-state index is 0.546. The Bertz CT molecular complexity index is 542. The van der Waals surface area contributed by atoms with Crippen molar-refractivity contribution < 1.29 is 0 Å². The van der Waals surface area contributed by atoms with Crippen molar-refractivity contribution in [1.82, 2.24) is 19.4 Å². The van der Waals surface area contributed by atoms with Crippen LogP contribution in [0.4, 0.5) is 5.82 Å². The molecule has 2 N–H and O–H groups in total. The molecule has 0 saturated carbocycles. The molecule has 0 aromatic carbocycles. The average molecular weight is 257 g/mol. The third-order valence-electron chi connectivity index (χ3n) is 3.64. The van der Waals surface area contributed by atoms with Crippen molar-refractivity contribution in [2.24, 2.45) is 0 Å². The standard InChI is InChI=1S/C14H19N5/c15-14-9-12(3-4-17-14)13-10-16-11-19(13)8-7-18-5-1-2-6-18/h3-4,9-11H,1-2,5-8H2,(H2,15,17). The molecule has 5 heteroatoms. The van der Waals surface area contributed by atoms with E-state index >= 15 is 0 Å². The number of nitrogens with two attached hydrogens (primary N) is 1. The van der Waals surface area contributed by atoms with Crippen LogP contribution in [-0.4, -0.2) is 39.1 Å². The van der Waals surface area contributed by atoms with Crippen molar-refractivity contribution in [3.63, 3.8) is 0 Å². The van der Waals surface area contributed by atoms with E-state index in [0.29, 0.717) is 5.82 Å². The Morgan fingerprint density at radius 1 is 1.21 bits per heavy atom. The monoisotopic (exact) mass is 257 g/mol. The normalized spacial score (nSPS) is 16.0. The van der Waals surface area contributed by atoms with Gasteiger partial charge in [0.25, 0.3) is 0 Å². The lowest BCUT2D eigenvalue weighted by Crippen LogP contribution is -2.24. The van der Waals surface area contributed by atoms with Gasteiger partial charge in [-0.1, -0.05) is 0 Å². The van der Waals surface area contributed by atoms with Crippen LogP contribution in [0.15, 0.2) is 30.9 Å². The fourth-order valence-electron chi connectivity index (χ4n) is 2.60. The van der Waals surface area contributed by atoms with Crippen LogP contribution in [0.2, 0.25) is 0 Å². The summed E-state index contributed by atoms with van der Waals surface area (Å²) in [6.07, 6.45) is 8.18. The van der Waals surface area contributed by atoms with Crippen molar-refractivity contribution in [2.75, 3.05) is 25.4 Å². The molecule has 3 rings (SSSR count). The summed E-state index contributed by atoms with van der Waals surface area (Å²) in [5.74, 6) is 0.546. The molecule has 0 atom stereocenters. The number of hydrogen-bond donors (Lipinski definition) is 1. The third kappa shape index (κ3) is 2.76. The van der Waals surface area contributed by atoms with Gasteiger partial charge in [0, 0.05) is 24.8 Å². The zero-order valence-corrected chi connectivity index (χ0v) is 11.0. The molecule has 1 aliphatic rings. The van der Waals surface area contributed by atoms with Crippen molar-refractivity contribution in [2.45, 2.75) is 19.4 Å². The lowest BCUT2D eigenvalue weighted by atomic mass is 10.2. The molecular weight excluding hydrogens is 238 g/mol.